The number of aromatic carboxylic acids is 1. The van der Waals surface area contributed by atoms with Crippen LogP contribution < -0.4 is 5.32 Å². The number of nitrogens with one attached hydrogen (secondary N) is 1. The largest absolute Gasteiger partial charge is 0.478 e. The molecule has 0 bridgehead atoms. The number of nitrogens with zero attached hydrogens (tertiary/aromatic N) is 1. The van der Waals surface area contributed by atoms with Crippen molar-refractivity contribution < 1.29 is 9.90 Å². The average molecular weight is 260 g/mol. The fraction of sp³-hybridized carbons (Fsp3) is 0.467. The van der Waals surface area contributed by atoms with Gasteiger partial charge in [-0.1, -0.05) is 6.08 Å². The van der Waals surface area contributed by atoms with Gasteiger partial charge in [0.25, 0.3) is 0 Å². The monoisotopic (exact) mass is 260 g/mol. The summed E-state index contributed by atoms with van der Waals surface area (Å²) >= 11 is 0. The average Bonchev–Trinajstić information content (AvgIpc) is 2.38. The first-order valence-electron chi connectivity index (χ1n) is 6.75. The van der Waals surface area contributed by atoms with Crippen molar-refractivity contribution in [3.05, 3.63) is 35.5 Å². The minimum Gasteiger partial charge on any atom is -0.478 e. The maximum Gasteiger partial charge on any atom is 0.339 e. The van der Waals surface area contributed by atoms with Crippen LogP contribution in [-0.2, 0) is 12.8 Å². The highest BCUT2D eigenvalue weighted by atomic mass is 16.4. The molecule has 1 aliphatic carbocycles. The second kappa shape index (κ2) is 5.87. The van der Waals surface area contributed by atoms with E-state index in [1.54, 1.807) is 6.07 Å². The summed E-state index contributed by atoms with van der Waals surface area (Å²) in [7, 11) is 0. The van der Waals surface area contributed by atoms with Gasteiger partial charge in [-0.15, -0.1) is 6.58 Å². The lowest BCUT2D eigenvalue weighted by Gasteiger charge is -2.20. The predicted molar refractivity (Wildman–Crippen MR) is 75.7 cm³/mol. The molecule has 4 nitrogen and oxygen atoms in total. The Bertz CT molecular complexity index is 497. The van der Waals surface area contributed by atoms with Crippen LogP contribution in [0.4, 0.5) is 5.82 Å². The van der Waals surface area contributed by atoms with Gasteiger partial charge in [0.2, 0.25) is 0 Å². The third-order valence-corrected chi connectivity index (χ3v) is 3.43. The fourth-order valence-corrected chi connectivity index (χ4v) is 2.45. The van der Waals surface area contributed by atoms with E-state index in [-0.39, 0.29) is 11.6 Å². The Balaban J connectivity index is 2.34. The number of carboxylic acids is 1. The van der Waals surface area contributed by atoms with Crippen molar-refractivity contribution in [3.63, 3.8) is 0 Å². The molecule has 1 unspecified atom stereocenters. The zero-order chi connectivity index (χ0) is 13.8. The molecule has 0 amide bonds. The smallest absolute Gasteiger partial charge is 0.339 e. The molecule has 0 aliphatic heterocycles. The predicted octanol–water partition coefficient (Wildman–Crippen LogP) is 3.04. The number of aryl methyl sites for hydroxylation is 2. The fourth-order valence-electron chi connectivity index (χ4n) is 2.45. The van der Waals surface area contributed by atoms with Crippen molar-refractivity contribution in [1.82, 2.24) is 4.98 Å². The van der Waals surface area contributed by atoms with Gasteiger partial charge in [0, 0.05) is 11.7 Å². The minimum absolute atomic E-state index is 0.129. The summed E-state index contributed by atoms with van der Waals surface area (Å²) in [5.41, 5.74) is 2.41. The molecule has 0 radical (unpaired) electrons. The van der Waals surface area contributed by atoms with Crippen LogP contribution in [0.1, 0.15) is 47.8 Å². The highest BCUT2D eigenvalue weighted by Crippen LogP contribution is 2.25. The lowest BCUT2D eigenvalue weighted by molar-refractivity contribution is 0.0697. The van der Waals surface area contributed by atoms with Gasteiger partial charge in [0.1, 0.15) is 11.4 Å². The van der Waals surface area contributed by atoms with Gasteiger partial charge >= 0.3 is 5.97 Å². The summed E-state index contributed by atoms with van der Waals surface area (Å²) in [6, 6.07) is 1.91. The highest BCUT2D eigenvalue weighted by Gasteiger charge is 2.19. The molecular formula is C15H20N2O2. The number of anilines is 1. The molecule has 1 aromatic rings. The van der Waals surface area contributed by atoms with Crippen molar-refractivity contribution in [2.24, 2.45) is 0 Å². The molecule has 0 saturated heterocycles. The summed E-state index contributed by atoms with van der Waals surface area (Å²) in [5, 5.41) is 12.5. The number of rotatable bonds is 5. The van der Waals surface area contributed by atoms with Gasteiger partial charge in [-0.2, -0.15) is 0 Å². The van der Waals surface area contributed by atoms with E-state index in [9.17, 15) is 9.90 Å². The highest BCUT2D eigenvalue weighted by molar-refractivity contribution is 5.93. The number of fused-ring (bicyclic) bond motifs is 1. The lowest BCUT2D eigenvalue weighted by Crippen LogP contribution is -2.20. The van der Waals surface area contributed by atoms with Crippen molar-refractivity contribution in [3.8, 4) is 0 Å². The van der Waals surface area contributed by atoms with Gasteiger partial charge in [-0.25, -0.2) is 9.78 Å². The molecule has 0 aromatic carbocycles. The van der Waals surface area contributed by atoms with Crippen LogP contribution in [0.5, 0.6) is 0 Å². The van der Waals surface area contributed by atoms with Crippen molar-refractivity contribution in [2.75, 3.05) is 5.32 Å². The first-order chi connectivity index (χ1) is 9.11. The standard InChI is InChI=1S/C15H20N2O2/c1-3-6-10(2)16-14-12(15(18)19)9-11-7-4-5-8-13(11)17-14/h3,9-10H,1,4-8H2,2H3,(H,16,17)(H,18,19). The number of pyridine rings is 1. The number of carbonyl (C=O) groups is 1. The molecule has 4 heteroatoms. The topological polar surface area (TPSA) is 62.2 Å². The van der Waals surface area contributed by atoms with Gasteiger partial charge in [-0.05, 0) is 50.7 Å². The molecule has 102 valence electrons. The van der Waals surface area contributed by atoms with E-state index in [4.69, 9.17) is 0 Å². The molecule has 1 aromatic heterocycles. The van der Waals surface area contributed by atoms with E-state index < -0.39 is 5.97 Å². The number of hydrogen-bond donors (Lipinski definition) is 2. The maximum absolute atomic E-state index is 11.3. The Kier molecular flexibility index (Phi) is 4.20. The van der Waals surface area contributed by atoms with Gasteiger partial charge < -0.3 is 10.4 Å². The molecule has 19 heavy (non-hydrogen) atoms. The molecule has 1 atom stereocenters. The second-order valence-electron chi connectivity index (χ2n) is 5.07. The number of aromatic nitrogens is 1. The summed E-state index contributed by atoms with van der Waals surface area (Å²) in [6.45, 7) is 5.69. The van der Waals surface area contributed by atoms with E-state index >= 15 is 0 Å². The summed E-state index contributed by atoms with van der Waals surface area (Å²) < 4.78 is 0. The van der Waals surface area contributed by atoms with E-state index in [2.05, 4.69) is 16.9 Å². The van der Waals surface area contributed by atoms with Crippen LogP contribution in [0, 0.1) is 0 Å². The van der Waals surface area contributed by atoms with Gasteiger partial charge in [-0.3, -0.25) is 0 Å². The SMILES string of the molecule is C=CCC(C)Nc1nc2c(cc1C(=O)O)CCCC2. The van der Waals surface area contributed by atoms with Crippen LogP contribution >= 0.6 is 0 Å². The first-order valence-corrected chi connectivity index (χ1v) is 6.75. The van der Waals surface area contributed by atoms with Crippen LogP contribution in [0.25, 0.3) is 0 Å². The molecule has 1 heterocycles. The minimum atomic E-state index is -0.922. The van der Waals surface area contributed by atoms with Crippen molar-refractivity contribution >= 4 is 11.8 Å². The Labute approximate surface area is 113 Å². The molecule has 2 rings (SSSR count). The Morgan fingerprint density at radius 1 is 1.58 bits per heavy atom. The number of carboxylic acid groups (broad SMARTS) is 1. The second-order valence-corrected chi connectivity index (χ2v) is 5.07. The number of hydrogen-bond acceptors (Lipinski definition) is 3. The Morgan fingerprint density at radius 3 is 3.00 bits per heavy atom. The van der Waals surface area contributed by atoms with Crippen LogP contribution in [0.2, 0.25) is 0 Å². The van der Waals surface area contributed by atoms with Gasteiger partial charge in [0.15, 0.2) is 0 Å². The third kappa shape index (κ3) is 3.13. The molecule has 0 spiro atoms. The van der Waals surface area contributed by atoms with E-state index in [0.29, 0.717) is 5.82 Å². The zero-order valence-corrected chi connectivity index (χ0v) is 11.3. The Hall–Kier alpha value is -1.84. The molecule has 2 N–H and O–H groups in total. The first kappa shape index (κ1) is 13.6. The summed E-state index contributed by atoms with van der Waals surface area (Å²) in [6.07, 6.45) is 6.72. The van der Waals surface area contributed by atoms with E-state index in [1.807, 2.05) is 13.0 Å². The van der Waals surface area contributed by atoms with E-state index in [1.165, 1.54) is 0 Å². The molecular weight excluding hydrogens is 240 g/mol. The lowest BCUT2D eigenvalue weighted by atomic mass is 9.94. The summed E-state index contributed by atoms with van der Waals surface area (Å²) in [4.78, 5) is 15.9. The van der Waals surface area contributed by atoms with E-state index in [0.717, 1.165) is 43.4 Å². The van der Waals surface area contributed by atoms with Crippen molar-refractivity contribution in [1.29, 1.82) is 0 Å². The molecule has 0 saturated carbocycles. The van der Waals surface area contributed by atoms with Crippen LogP contribution in [-0.4, -0.2) is 22.1 Å². The van der Waals surface area contributed by atoms with Crippen LogP contribution in [0.15, 0.2) is 18.7 Å². The zero-order valence-electron chi connectivity index (χ0n) is 11.3. The molecule has 1 aliphatic rings. The van der Waals surface area contributed by atoms with Gasteiger partial charge in [0.05, 0.1) is 0 Å². The van der Waals surface area contributed by atoms with Crippen LogP contribution in [0.3, 0.4) is 0 Å². The maximum atomic E-state index is 11.3. The third-order valence-electron chi connectivity index (χ3n) is 3.43. The quantitative estimate of drug-likeness (QED) is 0.799. The van der Waals surface area contributed by atoms with Crippen molar-refractivity contribution in [2.45, 2.75) is 45.1 Å². The Morgan fingerprint density at radius 2 is 2.32 bits per heavy atom. The molecule has 0 fully saturated rings. The summed E-state index contributed by atoms with van der Waals surface area (Å²) in [5.74, 6) is -0.434. The normalized spacial score (nSPS) is 15.4.